The molecule has 0 aromatic heterocycles. The number of ether oxygens (including phenoxy) is 1. The van der Waals surface area contributed by atoms with E-state index in [2.05, 4.69) is 0 Å². The molecule has 1 nitrogen and oxygen atoms in total. The van der Waals surface area contributed by atoms with Crippen LogP contribution in [-0.2, 0) is 4.74 Å². The molecular formula is C12H22O. The zero-order chi connectivity index (χ0) is 8.93. The standard InChI is InChI=1S/C12H22O/c1-2-4-6-12-9-11(5-3-1)7-8-13-10-12/h11-12H,1-10H2. The van der Waals surface area contributed by atoms with Crippen LogP contribution in [0.15, 0.2) is 0 Å². The van der Waals surface area contributed by atoms with Gasteiger partial charge in [0, 0.05) is 13.2 Å². The van der Waals surface area contributed by atoms with Crippen molar-refractivity contribution in [2.45, 2.75) is 51.4 Å². The van der Waals surface area contributed by atoms with Gasteiger partial charge >= 0.3 is 0 Å². The van der Waals surface area contributed by atoms with Gasteiger partial charge in [0.1, 0.15) is 0 Å². The summed E-state index contributed by atoms with van der Waals surface area (Å²) < 4.78 is 5.66. The molecule has 0 aromatic rings. The molecule has 2 bridgehead atoms. The summed E-state index contributed by atoms with van der Waals surface area (Å²) in [4.78, 5) is 0. The zero-order valence-electron chi connectivity index (χ0n) is 8.63. The van der Waals surface area contributed by atoms with Crippen molar-refractivity contribution in [2.75, 3.05) is 13.2 Å². The molecule has 2 atom stereocenters. The maximum atomic E-state index is 5.66. The Kier molecular flexibility index (Phi) is 3.65. The number of hydrogen-bond acceptors (Lipinski definition) is 1. The molecule has 1 saturated carbocycles. The number of rotatable bonds is 0. The van der Waals surface area contributed by atoms with E-state index in [1.165, 1.54) is 51.4 Å². The zero-order valence-corrected chi connectivity index (χ0v) is 8.63. The van der Waals surface area contributed by atoms with E-state index in [9.17, 15) is 0 Å². The van der Waals surface area contributed by atoms with Crippen molar-refractivity contribution in [2.24, 2.45) is 11.8 Å². The van der Waals surface area contributed by atoms with E-state index in [4.69, 9.17) is 4.74 Å². The first-order valence-electron chi connectivity index (χ1n) is 6.03. The summed E-state index contributed by atoms with van der Waals surface area (Å²) in [6.45, 7) is 2.08. The average molecular weight is 182 g/mol. The fourth-order valence-corrected chi connectivity index (χ4v) is 2.84. The third-order valence-corrected chi connectivity index (χ3v) is 3.67. The molecule has 1 aliphatic heterocycles. The molecule has 0 amide bonds. The van der Waals surface area contributed by atoms with Crippen LogP contribution in [0.3, 0.4) is 0 Å². The Hall–Kier alpha value is -0.0400. The molecule has 2 rings (SSSR count). The van der Waals surface area contributed by atoms with E-state index in [1.54, 1.807) is 0 Å². The highest BCUT2D eigenvalue weighted by molar-refractivity contribution is 4.71. The Labute approximate surface area is 81.9 Å². The van der Waals surface area contributed by atoms with E-state index >= 15 is 0 Å². The molecule has 2 aliphatic rings. The summed E-state index contributed by atoms with van der Waals surface area (Å²) in [6, 6.07) is 0. The van der Waals surface area contributed by atoms with Gasteiger partial charge in [-0.25, -0.2) is 0 Å². The molecular weight excluding hydrogens is 160 g/mol. The average Bonchev–Trinajstić information content (AvgIpc) is 2.27. The summed E-state index contributed by atoms with van der Waals surface area (Å²) >= 11 is 0. The second-order valence-electron chi connectivity index (χ2n) is 4.82. The molecule has 0 spiro atoms. The minimum atomic E-state index is 0.894. The quantitative estimate of drug-likeness (QED) is 0.558. The Bertz CT molecular complexity index is 128. The second kappa shape index (κ2) is 4.99. The van der Waals surface area contributed by atoms with E-state index in [1.807, 2.05) is 0 Å². The molecule has 1 aliphatic carbocycles. The Morgan fingerprint density at radius 2 is 1.54 bits per heavy atom. The van der Waals surface area contributed by atoms with Crippen LogP contribution < -0.4 is 0 Å². The summed E-state index contributed by atoms with van der Waals surface area (Å²) in [5.41, 5.74) is 0. The monoisotopic (exact) mass is 182 g/mol. The van der Waals surface area contributed by atoms with Crippen molar-refractivity contribution in [1.82, 2.24) is 0 Å². The normalized spacial score (nSPS) is 36.9. The van der Waals surface area contributed by atoms with Crippen LogP contribution in [0, 0.1) is 11.8 Å². The topological polar surface area (TPSA) is 9.23 Å². The van der Waals surface area contributed by atoms with Crippen molar-refractivity contribution in [3.8, 4) is 0 Å². The van der Waals surface area contributed by atoms with Crippen LogP contribution in [0.1, 0.15) is 51.4 Å². The summed E-state index contributed by atoms with van der Waals surface area (Å²) in [5.74, 6) is 1.89. The van der Waals surface area contributed by atoms with Crippen LogP contribution in [0.25, 0.3) is 0 Å². The lowest BCUT2D eigenvalue weighted by Crippen LogP contribution is -2.09. The minimum Gasteiger partial charge on any atom is -0.381 e. The highest BCUT2D eigenvalue weighted by Crippen LogP contribution is 2.30. The second-order valence-corrected chi connectivity index (χ2v) is 4.82. The fourth-order valence-electron chi connectivity index (χ4n) is 2.84. The fraction of sp³-hybridized carbons (Fsp3) is 1.00. The lowest BCUT2D eigenvalue weighted by molar-refractivity contribution is 0.111. The SMILES string of the molecule is C1CCCC2COCCC(CC1)C2. The van der Waals surface area contributed by atoms with Gasteiger partial charge in [0.05, 0.1) is 0 Å². The molecule has 2 fully saturated rings. The molecule has 2 unspecified atom stereocenters. The van der Waals surface area contributed by atoms with Crippen LogP contribution in [-0.4, -0.2) is 13.2 Å². The third kappa shape index (κ3) is 2.98. The molecule has 1 heterocycles. The largest absolute Gasteiger partial charge is 0.381 e. The number of hydrogen-bond donors (Lipinski definition) is 0. The van der Waals surface area contributed by atoms with Crippen molar-refractivity contribution in [3.63, 3.8) is 0 Å². The van der Waals surface area contributed by atoms with Crippen LogP contribution in [0.5, 0.6) is 0 Å². The predicted octanol–water partition coefficient (Wildman–Crippen LogP) is 3.38. The van der Waals surface area contributed by atoms with Gasteiger partial charge in [-0.15, -0.1) is 0 Å². The maximum Gasteiger partial charge on any atom is 0.0494 e. The van der Waals surface area contributed by atoms with Gasteiger partial charge in [-0.2, -0.15) is 0 Å². The summed E-state index contributed by atoms with van der Waals surface area (Å²) in [6.07, 6.45) is 11.5. The van der Waals surface area contributed by atoms with Crippen molar-refractivity contribution < 1.29 is 4.74 Å². The van der Waals surface area contributed by atoms with Crippen molar-refractivity contribution in [1.29, 1.82) is 0 Å². The van der Waals surface area contributed by atoms with E-state index in [0.717, 1.165) is 25.0 Å². The molecule has 13 heavy (non-hydrogen) atoms. The summed E-state index contributed by atoms with van der Waals surface area (Å²) in [7, 11) is 0. The van der Waals surface area contributed by atoms with Gasteiger partial charge in [0.2, 0.25) is 0 Å². The van der Waals surface area contributed by atoms with Gasteiger partial charge in [-0.1, -0.05) is 32.1 Å². The molecule has 1 saturated heterocycles. The molecule has 76 valence electrons. The van der Waals surface area contributed by atoms with E-state index < -0.39 is 0 Å². The van der Waals surface area contributed by atoms with Gasteiger partial charge < -0.3 is 4.74 Å². The van der Waals surface area contributed by atoms with Crippen LogP contribution in [0.2, 0.25) is 0 Å². The first kappa shape index (κ1) is 9.51. The van der Waals surface area contributed by atoms with Gasteiger partial charge in [0.25, 0.3) is 0 Å². The van der Waals surface area contributed by atoms with E-state index in [0.29, 0.717) is 0 Å². The smallest absolute Gasteiger partial charge is 0.0494 e. The van der Waals surface area contributed by atoms with Crippen LogP contribution in [0.4, 0.5) is 0 Å². The molecule has 0 N–H and O–H groups in total. The molecule has 0 aromatic carbocycles. The van der Waals surface area contributed by atoms with Gasteiger partial charge in [-0.3, -0.25) is 0 Å². The van der Waals surface area contributed by atoms with Gasteiger partial charge in [0.15, 0.2) is 0 Å². The number of fused-ring (bicyclic) bond motifs is 2. The lowest BCUT2D eigenvalue weighted by atomic mass is 9.89. The Morgan fingerprint density at radius 3 is 2.38 bits per heavy atom. The first-order valence-corrected chi connectivity index (χ1v) is 6.03. The van der Waals surface area contributed by atoms with Crippen LogP contribution >= 0.6 is 0 Å². The Balaban J connectivity index is 1.91. The van der Waals surface area contributed by atoms with E-state index in [-0.39, 0.29) is 0 Å². The van der Waals surface area contributed by atoms with Crippen molar-refractivity contribution in [3.05, 3.63) is 0 Å². The van der Waals surface area contributed by atoms with Crippen molar-refractivity contribution >= 4 is 0 Å². The highest BCUT2D eigenvalue weighted by atomic mass is 16.5. The predicted molar refractivity (Wildman–Crippen MR) is 54.7 cm³/mol. The Morgan fingerprint density at radius 1 is 0.769 bits per heavy atom. The maximum absolute atomic E-state index is 5.66. The lowest BCUT2D eigenvalue weighted by Gasteiger charge is -2.16. The highest BCUT2D eigenvalue weighted by Gasteiger charge is 2.21. The van der Waals surface area contributed by atoms with Gasteiger partial charge in [-0.05, 0) is 31.1 Å². The summed E-state index contributed by atoms with van der Waals surface area (Å²) in [5, 5.41) is 0. The molecule has 0 radical (unpaired) electrons. The molecule has 1 heteroatoms. The minimum absolute atomic E-state index is 0.894. The third-order valence-electron chi connectivity index (χ3n) is 3.67. The first-order chi connectivity index (χ1) is 6.45.